The van der Waals surface area contributed by atoms with Crippen LogP contribution in [0.1, 0.15) is 57.1 Å². The third kappa shape index (κ3) is 4.75. The van der Waals surface area contributed by atoms with Crippen molar-refractivity contribution in [3.05, 3.63) is 33.0 Å². The second-order valence-corrected chi connectivity index (χ2v) is 11.0. The second kappa shape index (κ2) is 9.61. The molecule has 1 aliphatic heterocycles. The minimum atomic E-state index is -0.420. The molecule has 33 heavy (non-hydrogen) atoms. The first-order valence-corrected chi connectivity index (χ1v) is 13.2. The Morgan fingerprint density at radius 1 is 1.21 bits per heavy atom. The van der Waals surface area contributed by atoms with Crippen LogP contribution in [0.15, 0.2) is 17.5 Å². The lowest BCUT2D eigenvalue weighted by molar-refractivity contribution is -0.126. The van der Waals surface area contributed by atoms with E-state index >= 15 is 0 Å². The molecule has 2 fully saturated rings. The van der Waals surface area contributed by atoms with Gasteiger partial charge < -0.3 is 10.1 Å². The molecule has 5 rings (SSSR count). The van der Waals surface area contributed by atoms with Crippen LogP contribution in [0, 0.1) is 5.92 Å². The maximum absolute atomic E-state index is 13.1. The van der Waals surface area contributed by atoms with E-state index in [-0.39, 0.29) is 29.6 Å². The number of Topliss-reactive ketones (excluding diaryl/α,β-unsaturated/α-hetero) is 1. The van der Waals surface area contributed by atoms with E-state index in [0.717, 1.165) is 39.1 Å². The lowest BCUT2D eigenvalue weighted by Crippen LogP contribution is -2.58. The van der Waals surface area contributed by atoms with Gasteiger partial charge in [-0.05, 0) is 24.3 Å². The Kier molecular flexibility index (Phi) is 6.60. The van der Waals surface area contributed by atoms with E-state index in [0.29, 0.717) is 33.5 Å². The van der Waals surface area contributed by atoms with Gasteiger partial charge in [0.1, 0.15) is 0 Å². The summed E-state index contributed by atoms with van der Waals surface area (Å²) in [6.07, 6.45) is 5.13. The molecule has 0 aromatic carbocycles. The summed E-state index contributed by atoms with van der Waals surface area (Å²) in [5, 5.41) is 8.20. The number of ether oxygens (including phenoxy) is 1. The van der Waals surface area contributed by atoms with Crippen LogP contribution in [0.4, 0.5) is 5.13 Å². The van der Waals surface area contributed by atoms with Gasteiger partial charge >= 0.3 is 0 Å². The quantitative estimate of drug-likeness (QED) is 0.649. The van der Waals surface area contributed by atoms with Gasteiger partial charge in [0.2, 0.25) is 5.91 Å². The van der Waals surface area contributed by atoms with Gasteiger partial charge in [0.15, 0.2) is 10.9 Å². The fourth-order valence-electron chi connectivity index (χ4n) is 5.21. The smallest absolute Gasteiger partial charge is 0.267 e. The number of nitrogens with zero attached hydrogens (tertiary/aromatic N) is 2. The average molecular weight is 489 g/mol. The number of morpholine rings is 1. The zero-order valence-corrected chi connectivity index (χ0v) is 20.1. The summed E-state index contributed by atoms with van der Waals surface area (Å²) < 4.78 is 5.52. The van der Waals surface area contributed by atoms with Crippen molar-refractivity contribution in [2.75, 3.05) is 38.2 Å². The lowest BCUT2D eigenvalue weighted by atomic mass is 9.88. The Morgan fingerprint density at radius 2 is 2.00 bits per heavy atom. The molecule has 2 N–H and O–H groups in total. The monoisotopic (exact) mass is 488 g/mol. The number of rotatable bonds is 6. The fraction of sp³-hybridized carbons (Fsp3) is 0.565. The molecule has 2 amide bonds. The molecule has 0 bridgehead atoms. The maximum atomic E-state index is 13.1. The van der Waals surface area contributed by atoms with Crippen molar-refractivity contribution in [1.29, 1.82) is 0 Å². The van der Waals surface area contributed by atoms with Crippen molar-refractivity contribution in [1.82, 2.24) is 15.2 Å². The molecule has 1 saturated carbocycles. The highest BCUT2D eigenvalue weighted by molar-refractivity contribution is 7.18. The number of aromatic nitrogens is 1. The van der Waals surface area contributed by atoms with Crippen LogP contribution in [0.2, 0.25) is 0 Å². The van der Waals surface area contributed by atoms with Crippen LogP contribution < -0.4 is 10.6 Å². The Labute approximate surface area is 200 Å². The van der Waals surface area contributed by atoms with Crippen molar-refractivity contribution in [2.24, 2.45) is 5.92 Å². The largest absolute Gasteiger partial charge is 0.379 e. The van der Waals surface area contributed by atoms with Crippen LogP contribution in [-0.4, -0.2) is 65.9 Å². The molecule has 3 aliphatic rings. The molecular formula is C23H28N4O4S2. The molecule has 1 unspecified atom stereocenters. The summed E-state index contributed by atoms with van der Waals surface area (Å²) in [6, 6.07) is 3.56. The lowest BCUT2D eigenvalue weighted by Gasteiger charge is -2.43. The summed E-state index contributed by atoms with van der Waals surface area (Å²) >= 11 is 2.55. The van der Waals surface area contributed by atoms with E-state index in [1.54, 1.807) is 6.07 Å². The van der Waals surface area contributed by atoms with Crippen LogP contribution in [0.3, 0.4) is 0 Å². The minimum Gasteiger partial charge on any atom is -0.379 e. The van der Waals surface area contributed by atoms with E-state index in [2.05, 4.69) is 20.5 Å². The van der Waals surface area contributed by atoms with Crippen LogP contribution in [0.5, 0.6) is 0 Å². The molecule has 1 saturated heterocycles. The van der Waals surface area contributed by atoms with Crippen molar-refractivity contribution in [2.45, 2.75) is 44.1 Å². The number of hydrogen-bond acceptors (Lipinski definition) is 8. The number of amides is 2. The number of nitrogens with one attached hydrogen (secondary N) is 2. The summed E-state index contributed by atoms with van der Waals surface area (Å²) in [5.74, 6) is -0.807. The molecule has 0 spiro atoms. The average Bonchev–Trinajstić information content (AvgIpc) is 3.59. The molecule has 2 aromatic heterocycles. The molecule has 0 radical (unpaired) electrons. The first-order valence-electron chi connectivity index (χ1n) is 11.5. The second-order valence-electron chi connectivity index (χ2n) is 9.00. The van der Waals surface area contributed by atoms with Crippen molar-refractivity contribution >= 4 is 45.4 Å². The summed E-state index contributed by atoms with van der Waals surface area (Å²) in [7, 11) is 0. The third-order valence-electron chi connectivity index (χ3n) is 6.97. The SMILES string of the molecule is O=C(Nc1nc2c(s1)C(=O)CC(C(=O)NCC1(N3CCOCC3)CCCC1)C2)c1cccs1. The normalized spacial score (nSPS) is 22.7. The van der Waals surface area contributed by atoms with E-state index in [4.69, 9.17) is 4.74 Å². The summed E-state index contributed by atoms with van der Waals surface area (Å²) in [4.78, 5) is 46.3. The molecule has 3 heterocycles. The number of anilines is 1. The van der Waals surface area contributed by atoms with Gasteiger partial charge in [0.25, 0.3) is 5.91 Å². The van der Waals surface area contributed by atoms with E-state index in [1.807, 2.05) is 11.4 Å². The summed E-state index contributed by atoms with van der Waals surface area (Å²) in [6.45, 7) is 3.90. The van der Waals surface area contributed by atoms with Crippen molar-refractivity contribution < 1.29 is 19.1 Å². The molecule has 2 aliphatic carbocycles. The van der Waals surface area contributed by atoms with Gasteiger partial charge in [-0.2, -0.15) is 0 Å². The van der Waals surface area contributed by atoms with Gasteiger partial charge in [-0.25, -0.2) is 4.98 Å². The topological polar surface area (TPSA) is 101 Å². The molecule has 176 valence electrons. The van der Waals surface area contributed by atoms with E-state index in [9.17, 15) is 14.4 Å². The van der Waals surface area contributed by atoms with Gasteiger partial charge in [-0.15, -0.1) is 11.3 Å². The van der Waals surface area contributed by atoms with Gasteiger partial charge in [-0.1, -0.05) is 30.2 Å². The Bertz CT molecular complexity index is 1020. The fourth-order valence-corrected chi connectivity index (χ4v) is 6.76. The standard InChI is InChI=1S/C23H28N4O4S2/c28-17-13-15(12-16-19(17)33-22(25-16)26-21(30)18-4-3-11-32-18)20(29)24-14-23(5-1-2-6-23)27-7-9-31-10-8-27/h3-4,11,15H,1-2,5-10,12-14H2,(H,24,29)(H,25,26,30). The van der Waals surface area contributed by atoms with Crippen molar-refractivity contribution in [3.63, 3.8) is 0 Å². The van der Waals surface area contributed by atoms with Crippen LogP contribution in [0.25, 0.3) is 0 Å². The number of thiophene rings is 1. The minimum absolute atomic E-state index is 0.00313. The van der Waals surface area contributed by atoms with Crippen molar-refractivity contribution in [3.8, 4) is 0 Å². The predicted octanol–water partition coefficient (Wildman–Crippen LogP) is 2.96. The molecule has 2 aromatic rings. The highest BCUT2D eigenvalue weighted by atomic mass is 32.1. The Balaban J connectivity index is 1.22. The highest BCUT2D eigenvalue weighted by Crippen LogP contribution is 2.36. The number of thiazole rings is 1. The predicted molar refractivity (Wildman–Crippen MR) is 127 cm³/mol. The van der Waals surface area contributed by atoms with E-state index in [1.165, 1.54) is 35.5 Å². The molecule has 10 heteroatoms. The number of ketones is 1. The van der Waals surface area contributed by atoms with Crippen LogP contribution in [-0.2, 0) is 16.0 Å². The van der Waals surface area contributed by atoms with Gasteiger partial charge in [-0.3, -0.25) is 24.6 Å². The molecular weight excluding hydrogens is 460 g/mol. The van der Waals surface area contributed by atoms with Gasteiger partial charge in [0, 0.05) is 38.0 Å². The van der Waals surface area contributed by atoms with Crippen LogP contribution >= 0.6 is 22.7 Å². The first kappa shape index (κ1) is 22.6. The Hall–Kier alpha value is -2.14. The number of fused-ring (bicyclic) bond motifs is 1. The molecule has 1 atom stereocenters. The number of carbonyl (C=O) groups is 3. The maximum Gasteiger partial charge on any atom is 0.267 e. The zero-order chi connectivity index (χ0) is 22.8. The zero-order valence-electron chi connectivity index (χ0n) is 18.4. The van der Waals surface area contributed by atoms with Gasteiger partial charge in [0.05, 0.1) is 34.6 Å². The first-order chi connectivity index (χ1) is 16.0. The third-order valence-corrected chi connectivity index (χ3v) is 8.89. The molecule has 8 nitrogen and oxygen atoms in total. The highest BCUT2D eigenvalue weighted by Gasteiger charge is 2.41. The number of carbonyl (C=O) groups excluding carboxylic acids is 3. The van der Waals surface area contributed by atoms with E-state index < -0.39 is 5.92 Å². The number of hydrogen-bond donors (Lipinski definition) is 2. The summed E-state index contributed by atoms with van der Waals surface area (Å²) in [5.41, 5.74) is 0.616. The Morgan fingerprint density at radius 3 is 2.73 bits per heavy atom.